The van der Waals surface area contributed by atoms with Crippen LogP contribution in [0.5, 0.6) is 0 Å². The number of carboxylic acid groups (broad SMARTS) is 1. The van der Waals surface area contributed by atoms with Gasteiger partial charge in [-0.2, -0.15) is 8.42 Å². The van der Waals surface area contributed by atoms with Gasteiger partial charge in [0.1, 0.15) is 4.90 Å². The monoisotopic (exact) mass is 459 g/mol. The molecule has 0 bridgehead atoms. The number of carbonyl (C=O) groups excluding carboxylic acids is 2. The number of benzene rings is 3. The van der Waals surface area contributed by atoms with E-state index in [9.17, 15) is 22.8 Å². The molecule has 8 nitrogen and oxygen atoms in total. The van der Waals surface area contributed by atoms with Crippen LogP contribution in [0.1, 0.15) is 31.1 Å². The molecule has 1 N–H and O–H groups in total. The maximum atomic E-state index is 12.8. The van der Waals surface area contributed by atoms with Gasteiger partial charge in [-0.1, -0.05) is 35.9 Å². The number of hydrogen-bond donors (Lipinski definition) is 1. The van der Waals surface area contributed by atoms with Crippen molar-refractivity contribution in [2.45, 2.75) is 4.90 Å². The van der Waals surface area contributed by atoms with Crippen LogP contribution in [0.2, 0.25) is 5.02 Å². The Morgan fingerprint density at radius 1 is 1.00 bits per heavy atom. The molecule has 31 heavy (non-hydrogen) atoms. The third kappa shape index (κ3) is 3.67. The Morgan fingerprint density at radius 2 is 1.61 bits per heavy atom. The minimum atomic E-state index is -4.43. The van der Waals surface area contributed by atoms with E-state index in [4.69, 9.17) is 20.9 Å². The summed E-state index contributed by atoms with van der Waals surface area (Å²) in [6, 6.07) is 13.4. The fourth-order valence-electron chi connectivity index (χ4n) is 3.41. The van der Waals surface area contributed by atoms with Gasteiger partial charge in [0, 0.05) is 16.5 Å². The van der Waals surface area contributed by atoms with Crippen LogP contribution in [-0.4, -0.2) is 49.4 Å². The van der Waals surface area contributed by atoms with E-state index in [0.717, 1.165) is 28.5 Å². The summed E-state index contributed by atoms with van der Waals surface area (Å²) in [5.74, 6) is -2.44. The predicted molar refractivity (Wildman–Crippen MR) is 111 cm³/mol. The zero-order valence-electron chi connectivity index (χ0n) is 15.7. The number of nitrogens with zero attached hydrogens (tertiary/aromatic N) is 1. The Labute approximate surface area is 181 Å². The van der Waals surface area contributed by atoms with E-state index in [1.165, 1.54) is 0 Å². The number of hydrogen-bond acceptors (Lipinski definition) is 6. The Hall–Kier alpha value is -3.27. The Balaban J connectivity index is 1.55. The number of rotatable bonds is 6. The van der Waals surface area contributed by atoms with Crippen LogP contribution in [0.4, 0.5) is 0 Å². The smallest absolute Gasteiger partial charge is 0.335 e. The summed E-state index contributed by atoms with van der Waals surface area (Å²) < 4.78 is 29.9. The first kappa shape index (κ1) is 21.0. The Morgan fingerprint density at radius 3 is 2.19 bits per heavy atom. The molecule has 3 aromatic carbocycles. The molecule has 1 aliphatic rings. The maximum Gasteiger partial charge on any atom is 0.335 e. The lowest BCUT2D eigenvalue weighted by molar-refractivity contribution is 0.0586. The third-order valence-corrected chi connectivity index (χ3v) is 6.65. The molecule has 3 aromatic rings. The third-order valence-electron chi connectivity index (χ3n) is 4.86. The molecular weight excluding hydrogens is 446 g/mol. The van der Waals surface area contributed by atoms with Crippen molar-refractivity contribution in [2.24, 2.45) is 0 Å². The largest absolute Gasteiger partial charge is 0.478 e. The van der Waals surface area contributed by atoms with E-state index < -0.39 is 39.4 Å². The Bertz CT molecular complexity index is 1320. The van der Waals surface area contributed by atoms with Crippen LogP contribution >= 0.6 is 11.6 Å². The van der Waals surface area contributed by atoms with E-state index in [1.807, 2.05) is 0 Å². The van der Waals surface area contributed by atoms with Crippen molar-refractivity contribution in [3.63, 3.8) is 0 Å². The number of imide groups is 1. The molecule has 158 valence electrons. The van der Waals surface area contributed by atoms with Crippen molar-refractivity contribution in [3.8, 4) is 0 Å². The van der Waals surface area contributed by atoms with Gasteiger partial charge >= 0.3 is 5.97 Å². The van der Waals surface area contributed by atoms with Gasteiger partial charge in [0.25, 0.3) is 21.9 Å². The molecule has 4 rings (SSSR count). The second-order valence-electron chi connectivity index (χ2n) is 6.70. The molecule has 0 radical (unpaired) electrons. The molecule has 0 saturated carbocycles. The van der Waals surface area contributed by atoms with Crippen LogP contribution < -0.4 is 0 Å². The lowest BCUT2D eigenvalue weighted by atomic mass is 9.94. The number of halogens is 1. The van der Waals surface area contributed by atoms with Crippen LogP contribution in [0.3, 0.4) is 0 Å². The summed E-state index contributed by atoms with van der Waals surface area (Å²) in [6.45, 7) is -0.844. The summed E-state index contributed by atoms with van der Waals surface area (Å²) in [7, 11) is -4.43. The average Bonchev–Trinajstić information content (AvgIpc) is 2.74. The molecule has 0 spiro atoms. The topological polar surface area (TPSA) is 118 Å². The second-order valence-corrected chi connectivity index (χ2v) is 8.69. The molecule has 0 fully saturated rings. The summed E-state index contributed by atoms with van der Waals surface area (Å²) in [6.07, 6.45) is 0. The lowest BCUT2D eigenvalue weighted by Gasteiger charge is -2.27. The van der Waals surface area contributed by atoms with E-state index in [2.05, 4.69) is 0 Å². The first-order valence-corrected chi connectivity index (χ1v) is 10.8. The van der Waals surface area contributed by atoms with Crippen molar-refractivity contribution >= 4 is 50.3 Å². The summed E-state index contributed by atoms with van der Waals surface area (Å²) >= 11 is 5.89. The molecular formula is C21H14ClNO7S. The van der Waals surface area contributed by atoms with Gasteiger partial charge in [0.15, 0.2) is 0 Å². The van der Waals surface area contributed by atoms with Gasteiger partial charge < -0.3 is 5.11 Å². The normalized spacial score (nSPS) is 13.6. The van der Waals surface area contributed by atoms with Crippen LogP contribution in [0, 0.1) is 0 Å². The summed E-state index contributed by atoms with van der Waals surface area (Å²) in [4.78, 5) is 37.2. The van der Waals surface area contributed by atoms with Gasteiger partial charge in [-0.05, 0) is 35.7 Å². The first-order valence-electron chi connectivity index (χ1n) is 9.01. The average molecular weight is 460 g/mol. The van der Waals surface area contributed by atoms with Crippen molar-refractivity contribution in [1.82, 2.24) is 4.90 Å². The van der Waals surface area contributed by atoms with Crippen molar-refractivity contribution < 1.29 is 32.1 Å². The predicted octanol–water partition coefficient (Wildman–Crippen LogP) is 3.19. The molecule has 10 heteroatoms. The highest BCUT2D eigenvalue weighted by Crippen LogP contribution is 2.30. The van der Waals surface area contributed by atoms with E-state index in [0.29, 0.717) is 16.5 Å². The van der Waals surface area contributed by atoms with E-state index in [-0.39, 0.29) is 17.1 Å². The number of carbonyl (C=O) groups is 3. The minimum absolute atomic E-state index is 0.212. The van der Waals surface area contributed by atoms with Gasteiger partial charge in [0.05, 0.1) is 23.7 Å². The van der Waals surface area contributed by atoms with Gasteiger partial charge in [0.2, 0.25) is 0 Å². The van der Waals surface area contributed by atoms with E-state index in [1.54, 1.807) is 36.4 Å². The fourth-order valence-corrected chi connectivity index (χ4v) is 4.81. The number of amides is 2. The SMILES string of the molecule is O=C(O)c1ccc(Cl)c(S(=O)(=O)OCCN2C(=O)c3cccc4cccc(c34)C2=O)c1. The molecule has 1 heterocycles. The van der Waals surface area contributed by atoms with Gasteiger partial charge in [-0.3, -0.25) is 18.7 Å². The number of aromatic carboxylic acids is 1. The van der Waals surface area contributed by atoms with Gasteiger partial charge in [-0.25, -0.2) is 4.79 Å². The van der Waals surface area contributed by atoms with Crippen LogP contribution in [0.25, 0.3) is 10.8 Å². The quantitative estimate of drug-likeness (QED) is 0.444. The lowest BCUT2D eigenvalue weighted by Crippen LogP contribution is -2.42. The van der Waals surface area contributed by atoms with Crippen molar-refractivity contribution in [3.05, 3.63) is 76.3 Å². The molecule has 2 amide bonds. The molecule has 0 atom stereocenters. The maximum absolute atomic E-state index is 12.8. The number of carboxylic acids is 1. The fraction of sp³-hybridized carbons (Fsp3) is 0.0952. The van der Waals surface area contributed by atoms with Crippen LogP contribution in [0.15, 0.2) is 59.5 Å². The highest BCUT2D eigenvalue weighted by molar-refractivity contribution is 7.86. The Kier molecular flexibility index (Phi) is 5.26. The van der Waals surface area contributed by atoms with E-state index >= 15 is 0 Å². The second kappa shape index (κ2) is 7.77. The van der Waals surface area contributed by atoms with Crippen molar-refractivity contribution in [1.29, 1.82) is 0 Å². The van der Waals surface area contributed by atoms with Crippen LogP contribution in [-0.2, 0) is 14.3 Å². The van der Waals surface area contributed by atoms with Crippen molar-refractivity contribution in [2.75, 3.05) is 13.2 Å². The summed E-state index contributed by atoms with van der Waals surface area (Å²) in [5, 5.41) is 10.2. The van der Waals surface area contributed by atoms with Gasteiger partial charge in [-0.15, -0.1) is 0 Å². The molecule has 0 unspecified atom stereocenters. The zero-order valence-corrected chi connectivity index (χ0v) is 17.3. The molecule has 0 saturated heterocycles. The zero-order chi connectivity index (χ0) is 22.3. The molecule has 0 aliphatic carbocycles. The highest BCUT2D eigenvalue weighted by atomic mass is 35.5. The summed E-state index contributed by atoms with van der Waals surface area (Å²) in [5.41, 5.74) is 0.401. The molecule has 1 aliphatic heterocycles. The highest BCUT2D eigenvalue weighted by Gasteiger charge is 2.33. The minimum Gasteiger partial charge on any atom is -0.478 e. The first-order chi connectivity index (χ1) is 14.7. The standard InChI is InChI=1S/C21H14ClNO7S/c22-16-8-7-13(21(26)27)11-17(16)31(28,29)30-10-9-23-19(24)14-5-1-3-12-4-2-6-15(18(12)14)20(23)25/h1-8,11H,9-10H2,(H,26,27). The molecule has 0 aromatic heterocycles.